The van der Waals surface area contributed by atoms with Crippen LogP contribution in [0.3, 0.4) is 0 Å². The number of esters is 1. The van der Waals surface area contributed by atoms with E-state index in [4.69, 9.17) is 15.7 Å². The lowest BCUT2D eigenvalue weighted by molar-refractivity contribution is -0.148. The van der Waals surface area contributed by atoms with Crippen molar-refractivity contribution in [3.8, 4) is 6.07 Å². The van der Waals surface area contributed by atoms with Gasteiger partial charge in [-0.05, 0) is 13.8 Å². The maximum Gasteiger partial charge on any atom is 0.404 e. The Balaban J connectivity index is 4.44. The topological polar surface area (TPSA) is 102 Å². The first kappa shape index (κ1) is 14.0. The summed E-state index contributed by atoms with van der Waals surface area (Å²) in [5.74, 6) is -0.608. The van der Waals surface area contributed by atoms with Gasteiger partial charge in [-0.3, -0.25) is 0 Å². The highest BCUT2D eigenvalue weighted by Crippen LogP contribution is 2.09. The number of hydrogen-bond donors (Lipinski definition) is 1. The Morgan fingerprint density at radius 1 is 1.50 bits per heavy atom. The zero-order valence-electron chi connectivity index (χ0n) is 9.23. The van der Waals surface area contributed by atoms with Gasteiger partial charge in [0.25, 0.3) is 0 Å². The van der Waals surface area contributed by atoms with Crippen molar-refractivity contribution in [1.29, 1.82) is 5.26 Å². The molecule has 0 fully saturated rings. The maximum absolute atomic E-state index is 11.2. The minimum absolute atomic E-state index is 0.104. The first-order chi connectivity index (χ1) is 7.38. The Kier molecular flexibility index (Phi) is 5.63. The summed E-state index contributed by atoms with van der Waals surface area (Å²) in [7, 11) is 0. The molecule has 1 amide bonds. The summed E-state index contributed by atoms with van der Waals surface area (Å²) in [4.78, 5) is 21.7. The van der Waals surface area contributed by atoms with Crippen molar-refractivity contribution < 1.29 is 19.1 Å². The average Bonchev–Trinajstić information content (AvgIpc) is 2.16. The minimum atomic E-state index is -1.02. The second kappa shape index (κ2) is 6.45. The number of nitrogens with two attached hydrogens (primary N) is 1. The third-order valence-electron chi connectivity index (χ3n) is 1.72. The second-order valence-electron chi connectivity index (χ2n) is 3.23. The Morgan fingerprint density at radius 2 is 2.06 bits per heavy atom. The Morgan fingerprint density at radius 3 is 2.44 bits per heavy atom. The number of ether oxygens (including phenoxy) is 2. The molecule has 0 bridgehead atoms. The number of carbonyl (C=O) groups is 2. The summed E-state index contributed by atoms with van der Waals surface area (Å²) >= 11 is 0. The lowest BCUT2D eigenvalue weighted by atomic mass is 10.1. The van der Waals surface area contributed by atoms with Gasteiger partial charge < -0.3 is 15.2 Å². The molecule has 0 saturated heterocycles. The number of hydrogen-bond acceptors (Lipinski definition) is 5. The number of rotatable bonds is 5. The molecule has 0 heterocycles. The van der Waals surface area contributed by atoms with Crippen molar-refractivity contribution in [2.75, 3.05) is 0 Å². The van der Waals surface area contributed by atoms with Crippen LogP contribution in [0.15, 0.2) is 12.2 Å². The number of carbonyl (C=O) groups excluding carboxylic acids is 2. The summed E-state index contributed by atoms with van der Waals surface area (Å²) < 4.78 is 9.55. The van der Waals surface area contributed by atoms with Gasteiger partial charge in [-0.2, -0.15) is 5.26 Å². The molecule has 2 N–H and O–H groups in total. The highest BCUT2D eigenvalue weighted by molar-refractivity contribution is 5.87. The van der Waals surface area contributed by atoms with Crippen molar-refractivity contribution in [2.24, 2.45) is 5.73 Å². The predicted molar refractivity (Wildman–Crippen MR) is 55.1 cm³/mol. The molecule has 0 aromatic heterocycles. The van der Waals surface area contributed by atoms with Gasteiger partial charge in [0.1, 0.15) is 6.10 Å². The van der Waals surface area contributed by atoms with Crippen LogP contribution in [0, 0.1) is 11.3 Å². The van der Waals surface area contributed by atoms with Crippen LogP contribution in [0.1, 0.15) is 20.3 Å². The van der Waals surface area contributed by atoms with E-state index in [-0.39, 0.29) is 12.0 Å². The minimum Gasteiger partial charge on any atom is -0.455 e. The molecular formula is C10H14N2O4. The first-order valence-corrected chi connectivity index (χ1v) is 4.58. The van der Waals surface area contributed by atoms with Gasteiger partial charge in [0.15, 0.2) is 6.10 Å². The van der Waals surface area contributed by atoms with E-state index in [9.17, 15) is 9.59 Å². The van der Waals surface area contributed by atoms with Crippen molar-refractivity contribution in [3.63, 3.8) is 0 Å². The molecule has 0 aliphatic carbocycles. The van der Waals surface area contributed by atoms with Gasteiger partial charge in [0.2, 0.25) is 0 Å². The number of amides is 1. The van der Waals surface area contributed by atoms with Crippen LogP contribution < -0.4 is 5.73 Å². The van der Waals surface area contributed by atoms with Crippen LogP contribution in [0.5, 0.6) is 0 Å². The Hall–Kier alpha value is -2.03. The van der Waals surface area contributed by atoms with Crippen LogP contribution in [0.25, 0.3) is 0 Å². The third kappa shape index (κ3) is 5.00. The summed E-state index contributed by atoms with van der Waals surface area (Å²) in [5, 5.41) is 8.50. The SMILES string of the molecule is C=C(C)C(=O)OC(C)C(CC#N)OC(N)=O. The zero-order valence-corrected chi connectivity index (χ0v) is 9.23. The molecule has 2 unspecified atom stereocenters. The van der Waals surface area contributed by atoms with Crippen LogP contribution in [-0.4, -0.2) is 24.3 Å². The fourth-order valence-corrected chi connectivity index (χ4v) is 0.888. The van der Waals surface area contributed by atoms with Crippen molar-refractivity contribution >= 4 is 12.1 Å². The highest BCUT2D eigenvalue weighted by atomic mass is 16.6. The number of primary amides is 1. The Labute approximate surface area is 93.6 Å². The van der Waals surface area contributed by atoms with Gasteiger partial charge in [0.05, 0.1) is 12.5 Å². The van der Waals surface area contributed by atoms with Crippen LogP contribution in [0.4, 0.5) is 4.79 Å². The fraction of sp³-hybridized carbons (Fsp3) is 0.500. The van der Waals surface area contributed by atoms with E-state index in [1.54, 1.807) is 0 Å². The summed E-state index contributed by atoms with van der Waals surface area (Å²) in [5.41, 5.74) is 5.05. The Bertz CT molecular complexity index is 332. The van der Waals surface area contributed by atoms with E-state index in [0.717, 1.165) is 0 Å². The average molecular weight is 226 g/mol. The van der Waals surface area contributed by atoms with Gasteiger partial charge in [-0.15, -0.1) is 0 Å². The van der Waals surface area contributed by atoms with Crippen molar-refractivity contribution in [3.05, 3.63) is 12.2 Å². The maximum atomic E-state index is 11.2. The third-order valence-corrected chi connectivity index (χ3v) is 1.72. The molecule has 0 rings (SSSR count). The quantitative estimate of drug-likeness (QED) is 0.553. The van der Waals surface area contributed by atoms with Crippen LogP contribution in [-0.2, 0) is 14.3 Å². The van der Waals surface area contributed by atoms with E-state index >= 15 is 0 Å². The number of nitriles is 1. The van der Waals surface area contributed by atoms with E-state index < -0.39 is 24.3 Å². The van der Waals surface area contributed by atoms with Gasteiger partial charge in [0, 0.05) is 5.57 Å². The smallest absolute Gasteiger partial charge is 0.404 e. The van der Waals surface area contributed by atoms with Crippen molar-refractivity contribution in [1.82, 2.24) is 0 Å². The molecule has 0 saturated carbocycles. The van der Waals surface area contributed by atoms with E-state index in [2.05, 4.69) is 11.3 Å². The summed E-state index contributed by atoms with van der Waals surface area (Å²) in [6.07, 6.45) is -2.74. The highest BCUT2D eigenvalue weighted by Gasteiger charge is 2.24. The molecule has 2 atom stereocenters. The molecule has 0 spiro atoms. The monoisotopic (exact) mass is 226 g/mol. The molecule has 0 radical (unpaired) electrons. The molecular weight excluding hydrogens is 212 g/mol. The number of nitrogens with zero attached hydrogens (tertiary/aromatic N) is 1. The van der Waals surface area contributed by atoms with Gasteiger partial charge in [-0.25, -0.2) is 9.59 Å². The molecule has 0 aliphatic heterocycles. The van der Waals surface area contributed by atoms with Crippen molar-refractivity contribution in [2.45, 2.75) is 32.5 Å². The van der Waals surface area contributed by atoms with Crippen LogP contribution >= 0.6 is 0 Å². The van der Waals surface area contributed by atoms with Crippen LogP contribution in [0.2, 0.25) is 0 Å². The standard InChI is InChI=1S/C10H14N2O4/c1-6(2)9(13)15-7(3)8(4-5-11)16-10(12)14/h7-8H,1,4H2,2-3H3,(H2,12,14). The summed E-state index contributed by atoms with van der Waals surface area (Å²) in [6.45, 7) is 6.40. The first-order valence-electron chi connectivity index (χ1n) is 4.58. The summed E-state index contributed by atoms with van der Waals surface area (Å²) in [6, 6.07) is 1.81. The lowest BCUT2D eigenvalue weighted by Gasteiger charge is -2.21. The molecule has 0 aliphatic rings. The molecule has 88 valence electrons. The second-order valence-corrected chi connectivity index (χ2v) is 3.23. The zero-order chi connectivity index (χ0) is 12.7. The largest absolute Gasteiger partial charge is 0.455 e. The predicted octanol–water partition coefficient (Wildman–Crippen LogP) is 0.872. The molecule has 6 heteroatoms. The molecule has 6 nitrogen and oxygen atoms in total. The molecule has 16 heavy (non-hydrogen) atoms. The van der Waals surface area contributed by atoms with E-state index in [1.165, 1.54) is 13.8 Å². The van der Waals surface area contributed by atoms with E-state index in [0.29, 0.717) is 0 Å². The molecule has 0 aromatic rings. The normalized spacial score (nSPS) is 13.1. The lowest BCUT2D eigenvalue weighted by Crippen LogP contribution is -2.34. The van der Waals surface area contributed by atoms with Gasteiger partial charge >= 0.3 is 12.1 Å². The molecule has 0 aromatic carbocycles. The fourth-order valence-electron chi connectivity index (χ4n) is 0.888. The van der Waals surface area contributed by atoms with Gasteiger partial charge in [-0.1, -0.05) is 6.58 Å². The van der Waals surface area contributed by atoms with E-state index in [1.807, 2.05) is 6.07 Å².